The molecule has 82 valence electrons. The fourth-order valence-electron chi connectivity index (χ4n) is 2.76. The van der Waals surface area contributed by atoms with Crippen LogP contribution >= 0.6 is 11.3 Å². The van der Waals surface area contributed by atoms with Gasteiger partial charge in [0.1, 0.15) is 0 Å². The Morgan fingerprint density at radius 2 is 2.07 bits per heavy atom. The number of nitrogens with one attached hydrogen (secondary N) is 1. The molecule has 3 heteroatoms. The van der Waals surface area contributed by atoms with E-state index in [2.05, 4.69) is 10.7 Å². The third-order valence-corrected chi connectivity index (χ3v) is 4.69. The van der Waals surface area contributed by atoms with Gasteiger partial charge in [0.15, 0.2) is 0 Å². The Hall–Kier alpha value is -0.410. The molecule has 0 spiro atoms. The molecule has 15 heavy (non-hydrogen) atoms. The highest BCUT2D eigenvalue weighted by molar-refractivity contribution is 7.09. The normalized spacial score (nSPS) is 27.6. The van der Waals surface area contributed by atoms with Gasteiger partial charge in [0.2, 0.25) is 0 Å². The summed E-state index contributed by atoms with van der Waals surface area (Å²) in [4.78, 5) is 4.83. The molecule has 1 atom stereocenters. The quantitative estimate of drug-likeness (QED) is 0.831. The molecular formula is C12H18N2S. The minimum Gasteiger partial charge on any atom is -0.309 e. The highest BCUT2D eigenvalue weighted by Crippen LogP contribution is 2.36. The lowest BCUT2D eigenvalue weighted by Gasteiger charge is -2.06. The summed E-state index contributed by atoms with van der Waals surface area (Å²) in [5, 5.41) is 7.19. The van der Waals surface area contributed by atoms with Crippen molar-refractivity contribution in [2.45, 2.75) is 50.5 Å². The Labute approximate surface area is 95.1 Å². The van der Waals surface area contributed by atoms with Crippen LogP contribution in [0.3, 0.4) is 0 Å². The summed E-state index contributed by atoms with van der Waals surface area (Å²) in [6.07, 6.45) is 8.12. The molecule has 0 aromatic carbocycles. The number of rotatable bonds is 2. The van der Waals surface area contributed by atoms with Crippen LogP contribution in [0.15, 0.2) is 5.38 Å². The van der Waals surface area contributed by atoms with Crippen LogP contribution in [-0.4, -0.2) is 11.5 Å². The van der Waals surface area contributed by atoms with Crippen molar-refractivity contribution in [1.82, 2.24) is 10.3 Å². The molecular weight excluding hydrogens is 204 g/mol. The smallest absolute Gasteiger partial charge is 0.0959 e. The zero-order valence-corrected chi connectivity index (χ0v) is 9.85. The maximum Gasteiger partial charge on any atom is 0.0959 e. The van der Waals surface area contributed by atoms with Crippen LogP contribution in [0.25, 0.3) is 0 Å². The Bertz CT molecular complexity index is 292. The van der Waals surface area contributed by atoms with Gasteiger partial charge in [0.05, 0.1) is 16.7 Å². The van der Waals surface area contributed by atoms with Crippen LogP contribution in [0, 0.1) is 0 Å². The summed E-state index contributed by atoms with van der Waals surface area (Å²) < 4.78 is 0. The standard InChI is InChI=1S/C12H18N2S/c1-2-5-9(4-1)12-14-11(8-15-12)10-6-3-7-13-10/h8-10,13H,1-7H2/t10-/m1/s1. The van der Waals surface area contributed by atoms with Crippen LogP contribution < -0.4 is 5.32 Å². The summed E-state index contributed by atoms with van der Waals surface area (Å²) >= 11 is 1.88. The highest BCUT2D eigenvalue weighted by Gasteiger charge is 2.23. The van der Waals surface area contributed by atoms with Crippen molar-refractivity contribution in [3.8, 4) is 0 Å². The first-order valence-electron chi connectivity index (χ1n) is 6.12. The van der Waals surface area contributed by atoms with E-state index in [9.17, 15) is 0 Å². The number of hydrogen-bond donors (Lipinski definition) is 1. The summed E-state index contributed by atoms with van der Waals surface area (Å²) in [7, 11) is 0. The summed E-state index contributed by atoms with van der Waals surface area (Å²) in [5.74, 6) is 0.783. The van der Waals surface area contributed by atoms with E-state index < -0.39 is 0 Å². The molecule has 2 nitrogen and oxygen atoms in total. The van der Waals surface area contributed by atoms with E-state index in [1.807, 2.05) is 11.3 Å². The largest absolute Gasteiger partial charge is 0.309 e. The van der Waals surface area contributed by atoms with Gasteiger partial charge in [-0.2, -0.15) is 0 Å². The van der Waals surface area contributed by atoms with Crippen molar-refractivity contribution in [2.75, 3.05) is 6.54 Å². The zero-order valence-electron chi connectivity index (χ0n) is 9.04. The summed E-state index contributed by atoms with van der Waals surface area (Å²) in [5.41, 5.74) is 1.31. The maximum absolute atomic E-state index is 4.83. The molecule has 0 bridgehead atoms. The average Bonchev–Trinajstić information content (AvgIpc) is 3.02. The molecule has 1 aliphatic carbocycles. The first kappa shape index (κ1) is 9.79. The molecule has 1 aromatic heterocycles. The molecule has 0 radical (unpaired) electrons. The van der Waals surface area contributed by atoms with Crippen molar-refractivity contribution in [1.29, 1.82) is 0 Å². The maximum atomic E-state index is 4.83. The van der Waals surface area contributed by atoms with E-state index in [0.29, 0.717) is 6.04 Å². The van der Waals surface area contributed by atoms with Crippen LogP contribution in [0.5, 0.6) is 0 Å². The minimum absolute atomic E-state index is 0.552. The van der Waals surface area contributed by atoms with Gasteiger partial charge in [0.25, 0.3) is 0 Å². The molecule has 3 rings (SSSR count). The number of thiazole rings is 1. The lowest BCUT2D eigenvalue weighted by Crippen LogP contribution is -2.13. The van der Waals surface area contributed by atoms with Crippen LogP contribution in [-0.2, 0) is 0 Å². The van der Waals surface area contributed by atoms with Gasteiger partial charge in [-0.1, -0.05) is 12.8 Å². The molecule has 1 N–H and O–H groups in total. The monoisotopic (exact) mass is 222 g/mol. The summed E-state index contributed by atoms with van der Waals surface area (Å²) in [6, 6.07) is 0.552. The average molecular weight is 222 g/mol. The molecule has 0 amide bonds. The molecule has 1 saturated carbocycles. The van der Waals surface area contributed by atoms with Gasteiger partial charge in [-0.3, -0.25) is 0 Å². The van der Waals surface area contributed by atoms with E-state index >= 15 is 0 Å². The SMILES string of the molecule is c1sc(C2CCCC2)nc1[C@H]1CCCN1. The third-order valence-electron chi connectivity index (χ3n) is 3.66. The van der Waals surface area contributed by atoms with Crippen molar-refractivity contribution in [3.63, 3.8) is 0 Å². The topological polar surface area (TPSA) is 24.9 Å². The zero-order chi connectivity index (χ0) is 10.1. The Balaban J connectivity index is 1.74. The Morgan fingerprint density at radius 1 is 1.20 bits per heavy atom. The number of hydrogen-bond acceptors (Lipinski definition) is 3. The molecule has 0 unspecified atom stereocenters. The molecule has 2 aliphatic rings. The first-order valence-corrected chi connectivity index (χ1v) is 7.00. The first-order chi connectivity index (χ1) is 7.43. The Morgan fingerprint density at radius 3 is 2.80 bits per heavy atom. The summed E-state index contributed by atoms with van der Waals surface area (Å²) in [6.45, 7) is 1.17. The number of aromatic nitrogens is 1. The van der Waals surface area contributed by atoms with Gasteiger partial charge in [-0.15, -0.1) is 11.3 Å². The fraction of sp³-hybridized carbons (Fsp3) is 0.750. The van der Waals surface area contributed by atoms with Crippen LogP contribution in [0.1, 0.15) is 61.2 Å². The van der Waals surface area contributed by atoms with Gasteiger partial charge < -0.3 is 5.32 Å². The number of nitrogens with zero attached hydrogens (tertiary/aromatic N) is 1. The van der Waals surface area contributed by atoms with Crippen molar-refractivity contribution in [3.05, 3.63) is 16.1 Å². The van der Waals surface area contributed by atoms with E-state index in [0.717, 1.165) is 5.92 Å². The fourth-order valence-corrected chi connectivity index (χ4v) is 3.80. The van der Waals surface area contributed by atoms with E-state index in [4.69, 9.17) is 4.98 Å². The van der Waals surface area contributed by atoms with E-state index in [-0.39, 0.29) is 0 Å². The molecule has 1 aliphatic heterocycles. The second kappa shape index (κ2) is 4.22. The van der Waals surface area contributed by atoms with Gasteiger partial charge in [0, 0.05) is 11.3 Å². The second-order valence-corrected chi connectivity index (χ2v) is 5.63. The van der Waals surface area contributed by atoms with Crippen molar-refractivity contribution >= 4 is 11.3 Å². The van der Waals surface area contributed by atoms with Gasteiger partial charge >= 0.3 is 0 Å². The molecule has 1 saturated heterocycles. The predicted molar refractivity (Wildman–Crippen MR) is 63.3 cm³/mol. The van der Waals surface area contributed by atoms with Crippen LogP contribution in [0.4, 0.5) is 0 Å². The lowest BCUT2D eigenvalue weighted by molar-refractivity contribution is 0.622. The molecule has 2 heterocycles. The van der Waals surface area contributed by atoms with Crippen LogP contribution in [0.2, 0.25) is 0 Å². The van der Waals surface area contributed by atoms with Crippen molar-refractivity contribution < 1.29 is 0 Å². The Kier molecular flexibility index (Phi) is 2.76. The minimum atomic E-state index is 0.552. The van der Waals surface area contributed by atoms with Crippen molar-refractivity contribution in [2.24, 2.45) is 0 Å². The predicted octanol–water partition coefficient (Wildman–Crippen LogP) is 3.23. The molecule has 1 aromatic rings. The third kappa shape index (κ3) is 1.95. The van der Waals surface area contributed by atoms with E-state index in [1.54, 1.807) is 0 Å². The highest BCUT2D eigenvalue weighted by atomic mass is 32.1. The molecule has 2 fully saturated rings. The van der Waals surface area contributed by atoms with Gasteiger partial charge in [-0.05, 0) is 32.2 Å². The second-order valence-electron chi connectivity index (χ2n) is 4.74. The van der Waals surface area contributed by atoms with E-state index in [1.165, 1.54) is 55.8 Å². The van der Waals surface area contributed by atoms with Gasteiger partial charge in [-0.25, -0.2) is 4.98 Å². The lowest BCUT2D eigenvalue weighted by atomic mass is 10.1.